The van der Waals surface area contributed by atoms with Crippen molar-refractivity contribution in [2.24, 2.45) is 5.92 Å². The van der Waals surface area contributed by atoms with E-state index in [2.05, 4.69) is 17.9 Å². The average molecular weight is 235 g/mol. The molecule has 1 N–H and O–H groups in total. The van der Waals surface area contributed by atoms with Gasteiger partial charge in [-0.2, -0.15) is 12.6 Å². The summed E-state index contributed by atoms with van der Waals surface area (Å²) in [6.45, 7) is 0.824. The van der Waals surface area contributed by atoms with E-state index in [-0.39, 0.29) is 11.2 Å². The fourth-order valence-corrected chi connectivity index (χ4v) is 1.92. The highest BCUT2D eigenvalue weighted by atomic mass is 32.1. The first-order valence-corrected chi connectivity index (χ1v) is 6.27. The molecule has 16 heavy (non-hydrogen) atoms. The molecule has 1 aromatic rings. The second-order valence-electron chi connectivity index (χ2n) is 4.39. The van der Waals surface area contributed by atoms with Crippen molar-refractivity contribution < 1.29 is 4.79 Å². The number of hydrogen-bond donors (Lipinski definition) is 2. The quantitative estimate of drug-likeness (QED) is 0.752. The van der Waals surface area contributed by atoms with Crippen LogP contribution >= 0.6 is 12.6 Å². The van der Waals surface area contributed by atoms with Gasteiger partial charge in [0.25, 0.3) is 0 Å². The highest BCUT2D eigenvalue weighted by Crippen LogP contribution is 2.27. The van der Waals surface area contributed by atoms with Crippen LogP contribution in [0.5, 0.6) is 0 Å². The Hall–Kier alpha value is -0.960. The number of nitrogens with one attached hydrogen (secondary N) is 1. The van der Waals surface area contributed by atoms with Gasteiger partial charge in [-0.25, -0.2) is 0 Å². The predicted octanol–water partition coefficient (Wildman–Crippen LogP) is 2.05. The summed E-state index contributed by atoms with van der Waals surface area (Å²) in [5.74, 6) is 0.778. The smallest absolute Gasteiger partial charge is 0.233 e. The van der Waals surface area contributed by atoms with Crippen molar-refractivity contribution >= 4 is 18.5 Å². The van der Waals surface area contributed by atoms with Crippen LogP contribution in [0.2, 0.25) is 0 Å². The Morgan fingerprint density at radius 2 is 2.06 bits per heavy atom. The summed E-state index contributed by atoms with van der Waals surface area (Å²) in [5, 5.41) is 2.71. The Morgan fingerprint density at radius 1 is 1.38 bits per heavy atom. The van der Waals surface area contributed by atoms with Gasteiger partial charge in [0.1, 0.15) is 0 Å². The molecule has 3 heteroatoms. The molecule has 1 amide bonds. The van der Waals surface area contributed by atoms with Gasteiger partial charge in [-0.15, -0.1) is 0 Å². The molecule has 1 aliphatic rings. The van der Waals surface area contributed by atoms with E-state index in [1.54, 1.807) is 0 Å². The topological polar surface area (TPSA) is 29.1 Å². The molecular formula is C13H17NOS. The molecule has 0 bridgehead atoms. The lowest BCUT2D eigenvalue weighted by molar-refractivity contribution is -0.120. The predicted molar refractivity (Wildman–Crippen MR) is 68.7 cm³/mol. The SMILES string of the molecule is O=C(NCC1CC1)C(S)Cc1ccccc1. The fourth-order valence-electron chi connectivity index (χ4n) is 1.61. The summed E-state index contributed by atoms with van der Waals surface area (Å²) in [4.78, 5) is 11.7. The molecule has 0 aromatic heterocycles. The molecule has 0 radical (unpaired) electrons. The maximum atomic E-state index is 11.7. The van der Waals surface area contributed by atoms with Crippen molar-refractivity contribution in [1.82, 2.24) is 5.32 Å². The lowest BCUT2D eigenvalue weighted by Gasteiger charge is -2.11. The second-order valence-corrected chi connectivity index (χ2v) is 5.02. The Labute approximate surface area is 102 Å². The van der Waals surface area contributed by atoms with Crippen LogP contribution in [0, 0.1) is 5.92 Å². The van der Waals surface area contributed by atoms with Gasteiger partial charge in [-0.05, 0) is 30.7 Å². The molecule has 86 valence electrons. The zero-order valence-corrected chi connectivity index (χ0v) is 10.1. The van der Waals surface area contributed by atoms with Crippen LogP contribution in [-0.2, 0) is 11.2 Å². The van der Waals surface area contributed by atoms with Crippen LogP contribution < -0.4 is 5.32 Å². The second kappa shape index (κ2) is 5.39. The molecule has 1 aromatic carbocycles. The number of benzene rings is 1. The number of carbonyl (C=O) groups is 1. The van der Waals surface area contributed by atoms with Gasteiger partial charge in [0, 0.05) is 6.54 Å². The summed E-state index contributed by atoms with van der Waals surface area (Å²) in [7, 11) is 0. The van der Waals surface area contributed by atoms with Crippen molar-refractivity contribution in [1.29, 1.82) is 0 Å². The monoisotopic (exact) mass is 235 g/mol. The molecule has 0 saturated heterocycles. The normalized spacial score (nSPS) is 16.8. The maximum absolute atomic E-state index is 11.7. The Balaban J connectivity index is 1.77. The molecule has 0 spiro atoms. The van der Waals surface area contributed by atoms with Crippen LogP contribution in [0.1, 0.15) is 18.4 Å². The number of thiol groups is 1. The van der Waals surface area contributed by atoms with Gasteiger partial charge in [0.05, 0.1) is 5.25 Å². The van der Waals surface area contributed by atoms with Gasteiger partial charge >= 0.3 is 0 Å². The molecule has 2 rings (SSSR count). The van der Waals surface area contributed by atoms with E-state index in [0.29, 0.717) is 6.42 Å². The highest BCUT2D eigenvalue weighted by molar-refractivity contribution is 7.81. The van der Waals surface area contributed by atoms with Crippen LogP contribution in [0.25, 0.3) is 0 Å². The molecule has 1 unspecified atom stereocenters. The minimum absolute atomic E-state index is 0.0547. The molecule has 1 aliphatic carbocycles. The lowest BCUT2D eigenvalue weighted by atomic mass is 10.1. The van der Waals surface area contributed by atoms with Gasteiger partial charge in [-0.1, -0.05) is 30.3 Å². The summed E-state index contributed by atoms with van der Waals surface area (Å²) in [6.07, 6.45) is 3.22. The molecule has 1 fully saturated rings. The third-order valence-electron chi connectivity index (χ3n) is 2.84. The first kappa shape index (κ1) is 11.5. The van der Waals surface area contributed by atoms with Crippen molar-refractivity contribution in [3.05, 3.63) is 35.9 Å². The van der Waals surface area contributed by atoms with E-state index in [0.717, 1.165) is 18.0 Å². The van der Waals surface area contributed by atoms with Crippen molar-refractivity contribution in [3.63, 3.8) is 0 Å². The van der Waals surface area contributed by atoms with E-state index < -0.39 is 0 Å². The summed E-state index contributed by atoms with van der Waals surface area (Å²) >= 11 is 4.35. The number of amides is 1. The van der Waals surface area contributed by atoms with Crippen LogP contribution in [0.4, 0.5) is 0 Å². The lowest BCUT2D eigenvalue weighted by Crippen LogP contribution is -2.34. The number of rotatable bonds is 5. The summed E-state index contributed by atoms with van der Waals surface area (Å²) < 4.78 is 0. The highest BCUT2D eigenvalue weighted by Gasteiger charge is 2.23. The Bertz CT molecular complexity index is 348. The van der Waals surface area contributed by atoms with Gasteiger partial charge in [-0.3, -0.25) is 4.79 Å². The van der Waals surface area contributed by atoms with Crippen molar-refractivity contribution in [2.45, 2.75) is 24.5 Å². The van der Waals surface area contributed by atoms with Gasteiger partial charge in [0.15, 0.2) is 0 Å². The van der Waals surface area contributed by atoms with E-state index in [9.17, 15) is 4.79 Å². The van der Waals surface area contributed by atoms with Crippen molar-refractivity contribution in [2.75, 3.05) is 6.54 Å². The standard InChI is InChI=1S/C13H17NOS/c15-13(14-9-11-6-7-11)12(16)8-10-4-2-1-3-5-10/h1-5,11-12,16H,6-9H2,(H,14,15). The largest absolute Gasteiger partial charge is 0.355 e. The Kier molecular flexibility index (Phi) is 3.88. The van der Waals surface area contributed by atoms with E-state index in [1.807, 2.05) is 30.3 Å². The van der Waals surface area contributed by atoms with Gasteiger partial charge in [0.2, 0.25) is 5.91 Å². The molecule has 2 nitrogen and oxygen atoms in total. The molecule has 1 atom stereocenters. The summed E-state index contributed by atoms with van der Waals surface area (Å²) in [6, 6.07) is 9.99. The van der Waals surface area contributed by atoms with Crippen LogP contribution in [0.3, 0.4) is 0 Å². The zero-order valence-electron chi connectivity index (χ0n) is 9.23. The fraction of sp³-hybridized carbons (Fsp3) is 0.462. The first-order valence-electron chi connectivity index (χ1n) is 5.75. The first-order chi connectivity index (χ1) is 7.75. The average Bonchev–Trinajstić information content (AvgIpc) is 3.11. The minimum atomic E-state index is -0.235. The van der Waals surface area contributed by atoms with Crippen molar-refractivity contribution in [3.8, 4) is 0 Å². The minimum Gasteiger partial charge on any atom is -0.355 e. The number of carbonyl (C=O) groups excluding carboxylic acids is 1. The maximum Gasteiger partial charge on any atom is 0.233 e. The molecule has 0 heterocycles. The van der Waals surface area contributed by atoms with Crippen LogP contribution in [-0.4, -0.2) is 17.7 Å². The molecule has 1 saturated carbocycles. The van der Waals surface area contributed by atoms with E-state index in [1.165, 1.54) is 12.8 Å². The van der Waals surface area contributed by atoms with Gasteiger partial charge < -0.3 is 5.32 Å². The third kappa shape index (κ3) is 3.56. The molecule has 0 aliphatic heterocycles. The zero-order chi connectivity index (χ0) is 11.4. The third-order valence-corrected chi connectivity index (χ3v) is 3.25. The van der Waals surface area contributed by atoms with E-state index in [4.69, 9.17) is 0 Å². The molecular weight excluding hydrogens is 218 g/mol. The summed E-state index contributed by atoms with van der Waals surface area (Å²) in [5.41, 5.74) is 1.16. The van der Waals surface area contributed by atoms with E-state index >= 15 is 0 Å². The van der Waals surface area contributed by atoms with Crippen LogP contribution in [0.15, 0.2) is 30.3 Å². The Morgan fingerprint density at radius 3 is 2.69 bits per heavy atom. The number of hydrogen-bond acceptors (Lipinski definition) is 2.